The van der Waals surface area contributed by atoms with Gasteiger partial charge in [-0.15, -0.1) is 22.9 Å². The minimum Gasteiger partial charge on any atom is -0.374 e. The molecule has 1 aromatic carbocycles. The third-order valence-corrected chi connectivity index (χ3v) is 4.14. The molecule has 0 N–H and O–H groups in total. The smallest absolute Gasteiger partial charge is 0.0929 e. The second kappa shape index (κ2) is 7.63. The second-order valence-corrected chi connectivity index (χ2v) is 5.60. The standard InChI is InChI=1S/C15H18ClNOS/c1-12(13-6-3-2-4-7-13)18-9-5-8-15-17-14(10-16)11-19-15/h2-4,6-7,11-12H,5,8-10H2,1H3. The van der Waals surface area contributed by atoms with Crippen molar-refractivity contribution in [2.75, 3.05) is 6.61 Å². The Kier molecular flexibility index (Phi) is 5.83. The number of nitrogens with zero attached hydrogens (tertiary/aromatic N) is 1. The van der Waals surface area contributed by atoms with Crippen molar-refractivity contribution in [2.45, 2.75) is 31.7 Å². The summed E-state index contributed by atoms with van der Waals surface area (Å²) in [7, 11) is 0. The van der Waals surface area contributed by atoms with Crippen LogP contribution in [-0.4, -0.2) is 11.6 Å². The molecule has 2 aromatic rings. The highest BCUT2D eigenvalue weighted by molar-refractivity contribution is 7.09. The van der Waals surface area contributed by atoms with Crippen LogP contribution in [0.1, 0.15) is 35.7 Å². The fraction of sp³-hybridized carbons (Fsp3) is 0.400. The van der Waals surface area contributed by atoms with Gasteiger partial charge in [-0.05, 0) is 18.9 Å². The first kappa shape index (κ1) is 14.5. The summed E-state index contributed by atoms with van der Waals surface area (Å²) in [5, 5.41) is 3.17. The van der Waals surface area contributed by atoms with E-state index in [4.69, 9.17) is 16.3 Å². The summed E-state index contributed by atoms with van der Waals surface area (Å²) >= 11 is 7.41. The van der Waals surface area contributed by atoms with E-state index in [-0.39, 0.29) is 6.10 Å². The van der Waals surface area contributed by atoms with Gasteiger partial charge in [0.05, 0.1) is 22.7 Å². The lowest BCUT2D eigenvalue weighted by molar-refractivity contribution is 0.0641. The average Bonchev–Trinajstić information content (AvgIpc) is 2.92. The van der Waals surface area contributed by atoms with E-state index in [9.17, 15) is 0 Å². The molecular weight excluding hydrogens is 278 g/mol. The summed E-state index contributed by atoms with van der Waals surface area (Å²) in [5.41, 5.74) is 2.20. The van der Waals surface area contributed by atoms with Crippen LogP contribution in [0.3, 0.4) is 0 Å². The minimum atomic E-state index is 0.149. The number of halogens is 1. The highest BCUT2D eigenvalue weighted by Gasteiger charge is 2.05. The topological polar surface area (TPSA) is 22.1 Å². The number of hydrogen-bond donors (Lipinski definition) is 0. The van der Waals surface area contributed by atoms with Crippen LogP contribution in [0, 0.1) is 0 Å². The van der Waals surface area contributed by atoms with Gasteiger partial charge in [0.1, 0.15) is 0 Å². The van der Waals surface area contributed by atoms with Crippen LogP contribution in [0.2, 0.25) is 0 Å². The maximum absolute atomic E-state index is 5.83. The third-order valence-electron chi connectivity index (χ3n) is 2.91. The summed E-state index contributed by atoms with van der Waals surface area (Å²) < 4.78 is 5.83. The number of ether oxygens (including phenoxy) is 1. The van der Waals surface area contributed by atoms with Crippen molar-refractivity contribution < 1.29 is 4.74 Å². The Morgan fingerprint density at radius 3 is 2.79 bits per heavy atom. The SMILES string of the molecule is CC(OCCCc1nc(CCl)cs1)c1ccccc1. The van der Waals surface area contributed by atoms with E-state index in [0.717, 1.165) is 30.2 Å². The fourth-order valence-corrected chi connectivity index (χ4v) is 2.90. The Morgan fingerprint density at radius 2 is 2.11 bits per heavy atom. The highest BCUT2D eigenvalue weighted by atomic mass is 35.5. The summed E-state index contributed by atoms with van der Waals surface area (Å²) in [6.07, 6.45) is 2.10. The van der Waals surface area contributed by atoms with E-state index in [0.29, 0.717) is 5.88 Å². The lowest BCUT2D eigenvalue weighted by Gasteiger charge is -2.12. The zero-order valence-corrected chi connectivity index (χ0v) is 12.6. The highest BCUT2D eigenvalue weighted by Crippen LogP contribution is 2.17. The molecule has 1 aromatic heterocycles. The Bertz CT molecular complexity index is 486. The van der Waals surface area contributed by atoms with Gasteiger partial charge in [0, 0.05) is 18.4 Å². The number of aryl methyl sites for hydroxylation is 1. The van der Waals surface area contributed by atoms with Crippen LogP contribution in [0.5, 0.6) is 0 Å². The summed E-state index contributed by atoms with van der Waals surface area (Å²) in [5.74, 6) is 0.498. The molecule has 102 valence electrons. The zero-order valence-electron chi connectivity index (χ0n) is 11.0. The van der Waals surface area contributed by atoms with E-state index >= 15 is 0 Å². The van der Waals surface area contributed by atoms with Gasteiger partial charge in [-0.25, -0.2) is 4.98 Å². The Balaban J connectivity index is 1.69. The van der Waals surface area contributed by atoms with Gasteiger partial charge in [-0.2, -0.15) is 0 Å². The average molecular weight is 296 g/mol. The first-order chi connectivity index (χ1) is 9.29. The monoisotopic (exact) mass is 295 g/mol. The first-order valence-corrected chi connectivity index (χ1v) is 7.87. The van der Waals surface area contributed by atoms with Crippen LogP contribution in [0.4, 0.5) is 0 Å². The first-order valence-electron chi connectivity index (χ1n) is 6.45. The maximum atomic E-state index is 5.83. The number of thiazole rings is 1. The predicted octanol–water partition coefficient (Wildman–Crippen LogP) is 4.59. The molecular formula is C15H18ClNOS. The van der Waals surface area contributed by atoms with Crippen LogP contribution in [0.25, 0.3) is 0 Å². The normalized spacial score (nSPS) is 12.5. The molecule has 0 bridgehead atoms. The number of hydrogen-bond acceptors (Lipinski definition) is 3. The van der Waals surface area contributed by atoms with Gasteiger partial charge in [0.25, 0.3) is 0 Å². The van der Waals surface area contributed by atoms with E-state index in [1.165, 1.54) is 5.56 Å². The molecule has 1 heterocycles. The van der Waals surface area contributed by atoms with Crippen LogP contribution >= 0.6 is 22.9 Å². The fourth-order valence-electron chi connectivity index (χ4n) is 1.83. The van der Waals surface area contributed by atoms with Crippen LogP contribution in [0.15, 0.2) is 35.7 Å². The van der Waals surface area contributed by atoms with E-state index in [1.807, 2.05) is 23.6 Å². The van der Waals surface area contributed by atoms with Crippen LogP contribution < -0.4 is 0 Å². The molecule has 0 spiro atoms. The molecule has 19 heavy (non-hydrogen) atoms. The lowest BCUT2D eigenvalue weighted by Crippen LogP contribution is -2.02. The number of alkyl halides is 1. The molecule has 2 nitrogen and oxygen atoms in total. The van der Waals surface area contributed by atoms with E-state index in [2.05, 4.69) is 24.0 Å². The van der Waals surface area contributed by atoms with Gasteiger partial charge in [0.15, 0.2) is 0 Å². The van der Waals surface area contributed by atoms with Crippen molar-refractivity contribution in [3.63, 3.8) is 0 Å². The van der Waals surface area contributed by atoms with Crippen molar-refractivity contribution in [3.05, 3.63) is 52.0 Å². The molecule has 0 saturated carbocycles. The van der Waals surface area contributed by atoms with E-state index in [1.54, 1.807) is 11.3 Å². The van der Waals surface area contributed by atoms with E-state index < -0.39 is 0 Å². The van der Waals surface area contributed by atoms with Gasteiger partial charge in [0.2, 0.25) is 0 Å². The molecule has 1 unspecified atom stereocenters. The summed E-state index contributed by atoms with van der Waals surface area (Å²) in [6.45, 7) is 2.84. The maximum Gasteiger partial charge on any atom is 0.0929 e. The largest absolute Gasteiger partial charge is 0.374 e. The Hall–Kier alpha value is -0.900. The number of aromatic nitrogens is 1. The molecule has 0 aliphatic heterocycles. The zero-order chi connectivity index (χ0) is 13.5. The van der Waals surface area contributed by atoms with Gasteiger partial charge < -0.3 is 4.74 Å². The van der Waals surface area contributed by atoms with Crippen molar-refractivity contribution in [2.24, 2.45) is 0 Å². The summed E-state index contributed by atoms with van der Waals surface area (Å²) in [4.78, 5) is 4.43. The molecule has 0 amide bonds. The molecule has 0 aliphatic carbocycles. The van der Waals surface area contributed by atoms with Crippen LogP contribution in [-0.2, 0) is 17.0 Å². The van der Waals surface area contributed by atoms with Gasteiger partial charge >= 0.3 is 0 Å². The quantitative estimate of drug-likeness (QED) is 0.550. The second-order valence-electron chi connectivity index (χ2n) is 4.39. The molecule has 0 saturated heterocycles. The van der Waals surface area contributed by atoms with Gasteiger partial charge in [-0.3, -0.25) is 0 Å². The molecule has 1 atom stereocenters. The third kappa shape index (κ3) is 4.60. The Labute approximate surface area is 123 Å². The van der Waals surface area contributed by atoms with Crippen molar-refractivity contribution in [1.29, 1.82) is 0 Å². The molecule has 0 fully saturated rings. The molecule has 0 radical (unpaired) electrons. The predicted molar refractivity (Wildman–Crippen MR) is 80.8 cm³/mol. The number of benzene rings is 1. The number of rotatable bonds is 7. The molecule has 4 heteroatoms. The lowest BCUT2D eigenvalue weighted by atomic mass is 10.1. The van der Waals surface area contributed by atoms with Crippen molar-refractivity contribution in [3.8, 4) is 0 Å². The van der Waals surface area contributed by atoms with Crippen molar-refractivity contribution >= 4 is 22.9 Å². The minimum absolute atomic E-state index is 0.149. The van der Waals surface area contributed by atoms with Crippen molar-refractivity contribution in [1.82, 2.24) is 4.98 Å². The van der Waals surface area contributed by atoms with Gasteiger partial charge in [-0.1, -0.05) is 30.3 Å². The molecule has 2 rings (SSSR count). The summed E-state index contributed by atoms with van der Waals surface area (Å²) in [6, 6.07) is 10.3. The molecule has 0 aliphatic rings. The Morgan fingerprint density at radius 1 is 1.32 bits per heavy atom.